The van der Waals surface area contributed by atoms with Crippen LogP contribution in [0.15, 0.2) is 23.4 Å². The minimum Gasteiger partial charge on any atom is -0.493 e. The van der Waals surface area contributed by atoms with E-state index in [1.54, 1.807) is 14.2 Å². The smallest absolute Gasteiger partial charge is 0.264 e. The van der Waals surface area contributed by atoms with Gasteiger partial charge in [-0.25, -0.2) is 0 Å². The van der Waals surface area contributed by atoms with Crippen molar-refractivity contribution in [2.45, 2.75) is 31.5 Å². The number of amides is 1. The summed E-state index contributed by atoms with van der Waals surface area (Å²) in [6, 6.07) is 5.53. The number of para-hydroxylation sites is 1. The largest absolute Gasteiger partial charge is 0.493 e. The molecule has 0 bridgehead atoms. The maximum atomic E-state index is 12.2. The van der Waals surface area contributed by atoms with E-state index < -0.39 is 6.10 Å². The molecule has 1 saturated heterocycles. The van der Waals surface area contributed by atoms with Gasteiger partial charge >= 0.3 is 0 Å². The minimum absolute atomic E-state index is 0.106. The van der Waals surface area contributed by atoms with Crippen LogP contribution in [0, 0.1) is 0 Å². The maximum absolute atomic E-state index is 12.2. The first-order valence-corrected chi connectivity index (χ1v) is 8.06. The van der Waals surface area contributed by atoms with Gasteiger partial charge in [-0.2, -0.15) is 0 Å². The van der Waals surface area contributed by atoms with E-state index in [2.05, 4.69) is 10.5 Å². The van der Waals surface area contributed by atoms with Crippen LogP contribution in [0.5, 0.6) is 11.5 Å². The average molecular weight is 334 g/mol. The lowest BCUT2D eigenvalue weighted by Gasteiger charge is -2.13. The van der Waals surface area contributed by atoms with Crippen LogP contribution in [-0.2, 0) is 14.4 Å². The fourth-order valence-corrected chi connectivity index (χ4v) is 2.93. The Balaban J connectivity index is 1.61. The van der Waals surface area contributed by atoms with E-state index >= 15 is 0 Å². The summed E-state index contributed by atoms with van der Waals surface area (Å²) in [7, 11) is 3.15. The van der Waals surface area contributed by atoms with Crippen molar-refractivity contribution in [2.24, 2.45) is 5.16 Å². The van der Waals surface area contributed by atoms with Crippen molar-refractivity contribution >= 4 is 11.6 Å². The summed E-state index contributed by atoms with van der Waals surface area (Å²) in [6.45, 7) is 1.28. The predicted molar refractivity (Wildman–Crippen MR) is 87.6 cm³/mol. The summed E-state index contributed by atoms with van der Waals surface area (Å²) in [5, 5.41) is 6.93. The van der Waals surface area contributed by atoms with Gasteiger partial charge in [0, 0.05) is 25.1 Å². The first kappa shape index (κ1) is 16.6. The summed E-state index contributed by atoms with van der Waals surface area (Å²) in [6.07, 6.45) is 1.89. The number of hydrogen-bond acceptors (Lipinski definition) is 6. The Bertz CT molecular complexity index is 625. The second kappa shape index (κ2) is 7.53. The number of nitrogens with one attached hydrogen (secondary N) is 1. The molecule has 0 aromatic heterocycles. The van der Waals surface area contributed by atoms with Gasteiger partial charge in [0.2, 0.25) is 6.10 Å². The highest BCUT2D eigenvalue weighted by atomic mass is 16.6. The Morgan fingerprint density at radius 1 is 1.38 bits per heavy atom. The van der Waals surface area contributed by atoms with E-state index in [4.69, 9.17) is 19.0 Å². The van der Waals surface area contributed by atoms with E-state index in [0.717, 1.165) is 25.0 Å². The van der Waals surface area contributed by atoms with Crippen molar-refractivity contribution < 1.29 is 23.8 Å². The highest BCUT2D eigenvalue weighted by molar-refractivity contribution is 6.06. The topological polar surface area (TPSA) is 78.4 Å². The zero-order valence-corrected chi connectivity index (χ0v) is 13.9. The molecule has 0 aliphatic carbocycles. The van der Waals surface area contributed by atoms with Crippen molar-refractivity contribution in [1.82, 2.24) is 5.32 Å². The van der Waals surface area contributed by atoms with Crippen molar-refractivity contribution in [3.8, 4) is 11.5 Å². The molecular formula is C17H22N2O5. The number of ether oxygens (including phenoxy) is 3. The Kier molecular flexibility index (Phi) is 5.20. The van der Waals surface area contributed by atoms with Crippen molar-refractivity contribution in [3.63, 3.8) is 0 Å². The van der Waals surface area contributed by atoms with Crippen LogP contribution in [0.25, 0.3) is 0 Å². The first-order chi connectivity index (χ1) is 11.7. The number of carbonyl (C=O) groups excluding carboxylic acids is 1. The van der Waals surface area contributed by atoms with Crippen LogP contribution in [-0.4, -0.2) is 51.2 Å². The van der Waals surface area contributed by atoms with E-state index in [0.29, 0.717) is 30.2 Å². The number of oxime groups is 1. The molecule has 24 heavy (non-hydrogen) atoms. The van der Waals surface area contributed by atoms with Crippen molar-refractivity contribution in [1.29, 1.82) is 0 Å². The number of rotatable bonds is 6. The molecule has 2 heterocycles. The van der Waals surface area contributed by atoms with Crippen LogP contribution in [0.2, 0.25) is 0 Å². The van der Waals surface area contributed by atoms with Crippen LogP contribution >= 0.6 is 0 Å². The molecule has 1 aromatic rings. The van der Waals surface area contributed by atoms with Gasteiger partial charge in [0.25, 0.3) is 5.91 Å². The number of nitrogens with zero attached hydrogens (tertiary/aromatic N) is 1. The van der Waals surface area contributed by atoms with E-state index in [-0.39, 0.29) is 12.0 Å². The maximum Gasteiger partial charge on any atom is 0.264 e. The molecule has 1 N–H and O–H groups in total. The van der Waals surface area contributed by atoms with Gasteiger partial charge in [0.05, 0.1) is 26.0 Å². The molecule has 1 fully saturated rings. The molecule has 2 aliphatic heterocycles. The monoisotopic (exact) mass is 334 g/mol. The molecule has 3 rings (SSSR count). The SMILES string of the molecule is COc1cccc(C2=NOC(C(=O)NCC3CCCO3)C2)c1OC. The fraction of sp³-hybridized carbons (Fsp3) is 0.529. The number of benzene rings is 1. The Morgan fingerprint density at radius 2 is 2.25 bits per heavy atom. The lowest BCUT2D eigenvalue weighted by molar-refractivity contribution is -0.131. The third-order valence-electron chi connectivity index (χ3n) is 4.20. The van der Waals surface area contributed by atoms with E-state index in [1.807, 2.05) is 18.2 Å². The highest BCUT2D eigenvalue weighted by Gasteiger charge is 2.31. The van der Waals surface area contributed by atoms with Gasteiger partial charge in [0.1, 0.15) is 0 Å². The zero-order chi connectivity index (χ0) is 16.9. The summed E-state index contributed by atoms with van der Waals surface area (Å²) in [5.74, 6) is 1.03. The standard InChI is InChI=1S/C17H22N2O5/c1-21-14-7-3-6-12(16(14)22-2)13-9-15(24-19-13)17(20)18-10-11-5-4-8-23-11/h3,6-7,11,15H,4-5,8-10H2,1-2H3,(H,18,20). The molecule has 7 heteroatoms. The average Bonchev–Trinajstić information content (AvgIpc) is 3.30. The second-order valence-corrected chi connectivity index (χ2v) is 5.76. The summed E-state index contributed by atoms with van der Waals surface area (Å²) in [5.41, 5.74) is 1.44. The third-order valence-corrected chi connectivity index (χ3v) is 4.20. The van der Waals surface area contributed by atoms with Crippen LogP contribution in [0.1, 0.15) is 24.8 Å². The van der Waals surface area contributed by atoms with E-state index in [1.165, 1.54) is 0 Å². The van der Waals surface area contributed by atoms with Gasteiger partial charge < -0.3 is 24.4 Å². The summed E-state index contributed by atoms with van der Waals surface area (Å²) < 4.78 is 16.2. The number of carbonyl (C=O) groups is 1. The highest BCUT2D eigenvalue weighted by Crippen LogP contribution is 2.33. The first-order valence-electron chi connectivity index (χ1n) is 8.06. The molecule has 1 amide bonds. The normalized spacial score (nSPS) is 22.7. The lowest BCUT2D eigenvalue weighted by Crippen LogP contribution is -2.39. The molecule has 130 valence electrons. The molecule has 7 nitrogen and oxygen atoms in total. The lowest BCUT2D eigenvalue weighted by atomic mass is 10.0. The minimum atomic E-state index is -0.627. The number of hydrogen-bond donors (Lipinski definition) is 1. The van der Waals surface area contributed by atoms with Gasteiger partial charge in [0.15, 0.2) is 11.5 Å². The quantitative estimate of drug-likeness (QED) is 0.853. The van der Waals surface area contributed by atoms with Crippen LogP contribution in [0.3, 0.4) is 0 Å². The molecule has 2 unspecified atom stereocenters. The Hall–Kier alpha value is -2.28. The van der Waals surface area contributed by atoms with Crippen LogP contribution in [0.4, 0.5) is 0 Å². The third kappa shape index (κ3) is 3.46. The predicted octanol–water partition coefficient (Wildman–Crippen LogP) is 1.49. The molecule has 0 spiro atoms. The Morgan fingerprint density at radius 3 is 2.96 bits per heavy atom. The fourth-order valence-electron chi connectivity index (χ4n) is 2.93. The number of methoxy groups -OCH3 is 2. The second-order valence-electron chi connectivity index (χ2n) is 5.76. The molecule has 0 saturated carbocycles. The van der Waals surface area contributed by atoms with Crippen molar-refractivity contribution in [2.75, 3.05) is 27.4 Å². The molecular weight excluding hydrogens is 312 g/mol. The zero-order valence-electron chi connectivity index (χ0n) is 13.9. The van der Waals surface area contributed by atoms with Crippen molar-refractivity contribution in [3.05, 3.63) is 23.8 Å². The van der Waals surface area contributed by atoms with E-state index in [9.17, 15) is 4.79 Å². The van der Waals surface area contributed by atoms with Crippen LogP contribution < -0.4 is 14.8 Å². The molecule has 2 aliphatic rings. The molecule has 0 radical (unpaired) electrons. The summed E-state index contributed by atoms with van der Waals surface area (Å²) in [4.78, 5) is 17.5. The summed E-state index contributed by atoms with van der Waals surface area (Å²) >= 11 is 0. The molecule has 1 aromatic carbocycles. The van der Waals surface area contributed by atoms with Gasteiger partial charge in [-0.15, -0.1) is 0 Å². The van der Waals surface area contributed by atoms with Gasteiger partial charge in [-0.1, -0.05) is 11.2 Å². The molecule has 2 atom stereocenters. The van der Waals surface area contributed by atoms with Gasteiger partial charge in [-0.05, 0) is 25.0 Å². The van der Waals surface area contributed by atoms with Gasteiger partial charge in [-0.3, -0.25) is 4.79 Å². The Labute approximate surface area is 140 Å².